The van der Waals surface area contributed by atoms with Crippen molar-refractivity contribution in [3.63, 3.8) is 0 Å². The second kappa shape index (κ2) is 1.92. The van der Waals surface area contributed by atoms with Crippen LogP contribution in [0.1, 0.15) is 0 Å². The molecule has 10 heteroatoms. The molecule has 6 heterocycles. The van der Waals surface area contributed by atoms with Crippen molar-refractivity contribution in [1.29, 1.82) is 0 Å². The van der Waals surface area contributed by atoms with Crippen LogP contribution in [0, 0.1) is 0 Å². The number of hydrogen-bond donors (Lipinski definition) is 1. The number of aliphatic hydroxyl groups is 1. The van der Waals surface area contributed by atoms with Crippen LogP contribution >= 0.6 is 15.2 Å². The molecule has 0 saturated carbocycles. The van der Waals surface area contributed by atoms with Gasteiger partial charge in [0.15, 0.2) is 0 Å². The fourth-order valence-electron chi connectivity index (χ4n) is 1.32. The van der Waals surface area contributed by atoms with Crippen LogP contribution in [0.3, 0.4) is 0 Å². The standard InChI is InChI=1S/C2H4GeO7P2/c4-1-2-11(5)7-3(8-11)9-12(2,6)10-3/h2,4H,1H2. The van der Waals surface area contributed by atoms with Crippen LogP contribution in [0.2, 0.25) is 0 Å². The van der Waals surface area contributed by atoms with Crippen LogP contribution in [0.25, 0.3) is 0 Å². The molecule has 0 aromatic rings. The Bertz CT molecular complexity index is 296. The van der Waals surface area contributed by atoms with Crippen LogP contribution in [-0.4, -0.2) is 31.7 Å². The molecule has 0 aromatic heterocycles. The molecule has 1 spiro atoms. The fourth-order valence-corrected chi connectivity index (χ4v) is 21.9. The van der Waals surface area contributed by atoms with Crippen LogP contribution < -0.4 is 0 Å². The van der Waals surface area contributed by atoms with E-state index in [2.05, 4.69) is 0 Å². The molecule has 12 heavy (non-hydrogen) atoms. The third-order valence-corrected chi connectivity index (χ3v) is 19.3. The summed E-state index contributed by atoms with van der Waals surface area (Å²) in [6, 6.07) is 0. The van der Waals surface area contributed by atoms with E-state index in [1.54, 1.807) is 0 Å². The van der Waals surface area contributed by atoms with E-state index >= 15 is 0 Å². The van der Waals surface area contributed by atoms with Gasteiger partial charge in [-0.3, -0.25) is 0 Å². The monoisotopic (exact) mass is 276 g/mol. The second-order valence-electron chi connectivity index (χ2n) is 2.61. The van der Waals surface area contributed by atoms with E-state index in [1.807, 2.05) is 0 Å². The molecule has 3 bridgehead atoms. The van der Waals surface area contributed by atoms with Gasteiger partial charge in [-0.25, -0.2) is 0 Å². The summed E-state index contributed by atoms with van der Waals surface area (Å²) in [5, 5.41) is 7.63. The summed E-state index contributed by atoms with van der Waals surface area (Å²) in [6.07, 6.45) is 0. The first-order chi connectivity index (χ1) is 5.52. The Morgan fingerprint density at radius 2 is 1.58 bits per heavy atom. The Balaban J connectivity index is 2.09. The Morgan fingerprint density at radius 1 is 1.17 bits per heavy atom. The minimum absolute atomic E-state index is 0.577. The molecule has 6 aliphatic rings. The first-order valence-corrected chi connectivity index (χ1v) is 9.80. The van der Waals surface area contributed by atoms with Gasteiger partial charge in [0.2, 0.25) is 0 Å². The normalized spacial score (nSPS) is 66.6. The molecule has 6 aliphatic heterocycles. The molecule has 0 radical (unpaired) electrons. The Morgan fingerprint density at radius 3 is 1.83 bits per heavy atom. The summed E-state index contributed by atoms with van der Waals surface area (Å²) in [5.41, 5.74) is 0. The summed E-state index contributed by atoms with van der Waals surface area (Å²) in [5.74, 6) is 0. The van der Waals surface area contributed by atoms with Crippen molar-refractivity contribution in [3.8, 4) is 0 Å². The maximum atomic E-state index is 11.4. The number of hydrogen-bond acceptors (Lipinski definition) is 7. The van der Waals surface area contributed by atoms with Gasteiger partial charge < -0.3 is 0 Å². The number of aliphatic hydroxyl groups excluding tert-OH is 1. The molecule has 6 fully saturated rings. The van der Waals surface area contributed by atoms with Crippen molar-refractivity contribution in [1.82, 2.24) is 0 Å². The van der Waals surface area contributed by atoms with Crippen molar-refractivity contribution in [2.45, 2.75) is 5.40 Å². The van der Waals surface area contributed by atoms with E-state index in [0.29, 0.717) is 0 Å². The second-order valence-corrected chi connectivity index (χ2v) is 13.8. The van der Waals surface area contributed by atoms with E-state index in [9.17, 15) is 9.13 Å². The van der Waals surface area contributed by atoms with Crippen LogP contribution in [-0.2, 0) is 23.3 Å². The van der Waals surface area contributed by atoms with Gasteiger partial charge in [-0.15, -0.1) is 0 Å². The summed E-state index contributed by atoms with van der Waals surface area (Å²) < 4.78 is 42.1. The van der Waals surface area contributed by atoms with Gasteiger partial charge in [0, 0.05) is 0 Å². The molecule has 0 aliphatic carbocycles. The van der Waals surface area contributed by atoms with Crippen molar-refractivity contribution >= 4 is 29.8 Å². The Labute approximate surface area is 70.7 Å². The molecule has 0 amide bonds. The summed E-state index contributed by atoms with van der Waals surface area (Å²) >= 11 is -3.63. The average molecular weight is 275 g/mol. The van der Waals surface area contributed by atoms with Gasteiger partial charge in [0.1, 0.15) is 0 Å². The molecule has 1 N–H and O–H groups in total. The molecule has 6 saturated heterocycles. The SMILES string of the molecule is O=P12[O][Ge]3([O]1)[O]P(=O)([O]3)C2CO. The first-order valence-electron chi connectivity index (χ1n) is 3.15. The first kappa shape index (κ1) is 8.14. The molecular formula is C2H4GeO7P2. The molecule has 68 valence electrons. The van der Waals surface area contributed by atoms with E-state index in [-0.39, 0.29) is 0 Å². The van der Waals surface area contributed by atoms with Crippen molar-refractivity contribution < 1.29 is 28.4 Å². The minimum atomic E-state index is -3.63. The van der Waals surface area contributed by atoms with Crippen LogP contribution in [0.5, 0.6) is 0 Å². The predicted octanol–water partition coefficient (Wildman–Crippen LogP) is 0.234. The van der Waals surface area contributed by atoms with Crippen LogP contribution in [0.4, 0.5) is 0 Å². The third kappa shape index (κ3) is 0.689. The van der Waals surface area contributed by atoms with E-state index in [4.69, 9.17) is 19.3 Å². The topological polar surface area (TPSA) is 91.3 Å². The van der Waals surface area contributed by atoms with Gasteiger partial charge in [-0.05, 0) is 0 Å². The van der Waals surface area contributed by atoms with Crippen molar-refractivity contribution in [2.75, 3.05) is 6.61 Å². The van der Waals surface area contributed by atoms with Gasteiger partial charge in [0.05, 0.1) is 0 Å². The quantitative estimate of drug-likeness (QED) is 0.541. The predicted molar refractivity (Wildman–Crippen MR) is 36.2 cm³/mol. The maximum absolute atomic E-state index is 11.4. The number of rotatable bonds is 1. The molecule has 7 nitrogen and oxygen atoms in total. The Hall–Kier alpha value is 0.803. The zero-order valence-corrected chi connectivity index (χ0v) is 9.46. The van der Waals surface area contributed by atoms with Gasteiger partial charge in [-0.2, -0.15) is 0 Å². The van der Waals surface area contributed by atoms with Crippen LogP contribution in [0.15, 0.2) is 0 Å². The van der Waals surface area contributed by atoms with Crippen molar-refractivity contribution in [3.05, 3.63) is 0 Å². The third-order valence-electron chi connectivity index (χ3n) is 1.85. The van der Waals surface area contributed by atoms with E-state index in [0.717, 1.165) is 0 Å². The molecule has 0 aromatic carbocycles. The molecule has 0 atom stereocenters. The van der Waals surface area contributed by atoms with Gasteiger partial charge in [0.25, 0.3) is 0 Å². The van der Waals surface area contributed by atoms with Gasteiger partial charge in [-0.1, -0.05) is 0 Å². The van der Waals surface area contributed by atoms with E-state index < -0.39 is 41.8 Å². The van der Waals surface area contributed by atoms with Gasteiger partial charge >= 0.3 is 70.3 Å². The fraction of sp³-hybridized carbons (Fsp3) is 1.00. The van der Waals surface area contributed by atoms with Crippen molar-refractivity contribution in [2.24, 2.45) is 0 Å². The Kier molecular flexibility index (Phi) is 1.30. The zero-order chi connectivity index (χ0) is 8.61. The summed E-state index contributed by atoms with van der Waals surface area (Å²) in [6.45, 7) is -0.577. The zero-order valence-electron chi connectivity index (χ0n) is 5.58. The summed E-state index contributed by atoms with van der Waals surface area (Å²) in [7, 11) is -6.63. The average Bonchev–Trinajstić information content (AvgIpc) is 1.79. The summed E-state index contributed by atoms with van der Waals surface area (Å²) in [4.78, 5) is 0. The molecular weight excluding hydrogens is 271 g/mol. The molecule has 6 rings (SSSR count). The molecule has 0 unspecified atom stereocenters. The van der Waals surface area contributed by atoms with E-state index in [1.165, 1.54) is 0 Å².